The zero-order valence-electron chi connectivity index (χ0n) is 10.1. The fourth-order valence-electron chi connectivity index (χ4n) is 2.31. The molecule has 1 aliphatic rings. The average Bonchev–Trinajstić information content (AvgIpc) is 2.80. The molecule has 3 rings (SSSR count). The first-order valence-corrected chi connectivity index (χ1v) is 6.23. The van der Waals surface area contributed by atoms with Crippen LogP contribution in [0.2, 0.25) is 0 Å². The van der Waals surface area contributed by atoms with Crippen molar-refractivity contribution in [3.05, 3.63) is 29.7 Å². The van der Waals surface area contributed by atoms with Crippen molar-refractivity contribution in [3.8, 4) is 0 Å². The molecule has 0 aromatic carbocycles. The number of pyridine rings is 1. The largest absolute Gasteiger partial charge is 0.381 e. The van der Waals surface area contributed by atoms with Gasteiger partial charge >= 0.3 is 0 Å². The highest BCUT2D eigenvalue weighted by atomic mass is 16.5. The molecule has 0 saturated carbocycles. The lowest BCUT2D eigenvalue weighted by Gasteiger charge is -2.20. The number of carbonyl (C=O) groups excluding carboxylic acids is 1. The van der Waals surface area contributed by atoms with Gasteiger partial charge in [-0.2, -0.15) is 5.10 Å². The number of rotatable bonds is 3. The molecule has 1 saturated heterocycles. The fraction of sp³-hybridized carbons (Fsp3) is 0.462. The molecule has 0 N–H and O–H groups in total. The van der Waals surface area contributed by atoms with E-state index in [9.17, 15) is 4.79 Å². The van der Waals surface area contributed by atoms with Crippen LogP contribution in [-0.4, -0.2) is 34.1 Å². The van der Waals surface area contributed by atoms with E-state index in [1.807, 2.05) is 6.07 Å². The summed E-state index contributed by atoms with van der Waals surface area (Å²) in [5.41, 5.74) is 1.41. The van der Waals surface area contributed by atoms with Gasteiger partial charge in [0, 0.05) is 31.4 Å². The lowest BCUT2D eigenvalue weighted by Crippen LogP contribution is -2.18. The van der Waals surface area contributed by atoms with Crippen LogP contribution in [0.5, 0.6) is 0 Å². The van der Waals surface area contributed by atoms with E-state index in [4.69, 9.17) is 4.74 Å². The topological polar surface area (TPSA) is 56.5 Å². The molecule has 0 spiro atoms. The quantitative estimate of drug-likeness (QED) is 0.769. The van der Waals surface area contributed by atoms with Gasteiger partial charge in [-0.1, -0.05) is 0 Å². The highest BCUT2D eigenvalue weighted by Gasteiger charge is 2.16. The maximum Gasteiger partial charge on any atom is 0.155 e. The normalized spacial score (nSPS) is 17.1. The summed E-state index contributed by atoms with van der Waals surface area (Å²) in [5.74, 6) is 1.46. The molecule has 5 heteroatoms. The fourth-order valence-corrected chi connectivity index (χ4v) is 2.31. The summed E-state index contributed by atoms with van der Waals surface area (Å²) in [4.78, 5) is 15.2. The summed E-state index contributed by atoms with van der Waals surface area (Å²) in [6, 6.07) is 3.58. The Labute approximate surface area is 105 Å². The van der Waals surface area contributed by atoms with Gasteiger partial charge in [-0.25, -0.2) is 9.50 Å². The van der Waals surface area contributed by atoms with Gasteiger partial charge in [0.05, 0.1) is 0 Å². The summed E-state index contributed by atoms with van der Waals surface area (Å²) in [6.45, 7) is 1.68. The van der Waals surface area contributed by atoms with Crippen LogP contribution in [0.25, 0.3) is 5.65 Å². The van der Waals surface area contributed by atoms with Gasteiger partial charge in [0.1, 0.15) is 0 Å². The first kappa shape index (κ1) is 11.3. The van der Waals surface area contributed by atoms with E-state index < -0.39 is 0 Å². The SMILES string of the molecule is O=Cc1ccc2nc(CC3CCOCC3)nn2c1. The Morgan fingerprint density at radius 3 is 3.00 bits per heavy atom. The van der Waals surface area contributed by atoms with Crippen LogP contribution < -0.4 is 0 Å². The Kier molecular flexibility index (Phi) is 3.06. The van der Waals surface area contributed by atoms with E-state index in [-0.39, 0.29) is 0 Å². The second kappa shape index (κ2) is 4.86. The molecule has 0 aliphatic carbocycles. The Morgan fingerprint density at radius 1 is 1.39 bits per heavy atom. The number of aldehydes is 1. The summed E-state index contributed by atoms with van der Waals surface area (Å²) < 4.78 is 7.02. The molecule has 94 valence electrons. The molecule has 2 aromatic rings. The minimum Gasteiger partial charge on any atom is -0.381 e. The highest BCUT2D eigenvalue weighted by molar-refractivity contribution is 5.74. The molecule has 5 nitrogen and oxygen atoms in total. The number of carbonyl (C=O) groups is 1. The standard InChI is InChI=1S/C13H15N3O2/c17-9-11-1-2-13-14-12(15-16(13)8-11)7-10-3-5-18-6-4-10/h1-2,8-10H,3-7H2. The predicted molar refractivity (Wildman–Crippen MR) is 65.6 cm³/mol. The Balaban J connectivity index is 1.81. The van der Waals surface area contributed by atoms with Crippen LogP contribution in [0.4, 0.5) is 0 Å². The van der Waals surface area contributed by atoms with Gasteiger partial charge in [0.2, 0.25) is 0 Å². The van der Waals surface area contributed by atoms with Gasteiger partial charge in [-0.05, 0) is 30.9 Å². The molecule has 0 amide bonds. The van der Waals surface area contributed by atoms with Crippen molar-refractivity contribution >= 4 is 11.9 Å². The van der Waals surface area contributed by atoms with Gasteiger partial charge in [0.25, 0.3) is 0 Å². The van der Waals surface area contributed by atoms with Gasteiger partial charge in [-0.3, -0.25) is 4.79 Å². The Bertz CT molecular complexity index is 558. The van der Waals surface area contributed by atoms with E-state index in [0.717, 1.165) is 50.2 Å². The third kappa shape index (κ3) is 2.26. The van der Waals surface area contributed by atoms with E-state index >= 15 is 0 Å². The number of hydrogen-bond donors (Lipinski definition) is 0. The third-order valence-electron chi connectivity index (χ3n) is 3.35. The molecule has 18 heavy (non-hydrogen) atoms. The smallest absolute Gasteiger partial charge is 0.155 e. The maximum atomic E-state index is 10.7. The molecular weight excluding hydrogens is 230 g/mol. The third-order valence-corrected chi connectivity index (χ3v) is 3.35. The summed E-state index contributed by atoms with van der Waals surface area (Å²) >= 11 is 0. The van der Waals surface area contributed by atoms with Crippen LogP contribution in [0.1, 0.15) is 29.0 Å². The molecule has 0 unspecified atom stereocenters. The van der Waals surface area contributed by atoms with E-state index in [1.165, 1.54) is 0 Å². The molecule has 0 radical (unpaired) electrons. The van der Waals surface area contributed by atoms with Gasteiger partial charge in [-0.15, -0.1) is 0 Å². The van der Waals surface area contributed by atoms with Gasteiger partial charge < -0.3 is 4.74 Å². The minimum atomic E-state index is 0.613. The van der Waals surface area contributed by atoms with Crippen LogP contribution in [0.3, 0.4) is 0 Å². The number of hydrogen-bond acceptors (Lipinski definition) is 4. The monoisotopic (exact) mass is 245 g/mol. The second-order valence-electron chi connectivity index (χ2n) is 4.67. The van der Waals surface area contributed by atoms with Crippen molar-refractivity contribution in [2.24, 2.45) is 5.92 Å². The van der Waals surface area contributed by atoms with E-state index in [0.29, 0.717) is 11.5 Å². The zero-order valence-corrected chi connectivity index (χ0v) is 10.1. The maximum absolute atomic E-state index is 10.7. The minimum absolute atomic E-state index is 0.613. The van der Waals surface area contributed by atoms with Crippen molar-refractivity contribution in [2.75, 3.05) is 13.2 Å². The van der Waals surface area contributed by atoms with Gasteiger partial charge in [0.15, 0.2) is 17.8 Å². The van der Waals surface area contributed by atoms with Crippen molar-refractivity contribution in [1.29, 1.82) is 0 Å². The Hall–Kier alpha value is -1.75. The van der Waals surface area contributed by atoms with Crippen LogP contribution in [-0.2, 0) is 11.2 Å². The first-order valence-electron chi connectivity index (χ1n) is 6.23. The molecule has 1 fully saturated rings. The number of nitrogens with zero attached hydrogens (tertiary/aromatic N) is 3. The lowest BCUT2D eigenvalue weighted by atomic mass is 9.96. The molecule has 0 atom stereocenters. The number of ether oxygens (including phenoxy) is 1. The van der Waals surface area contributed by atoms with Crippen molar-refractivity contribution in [1.82, 2.24) is 14.6 Å². The van der Waals surface area contributed by atoms with Crippen LogP contribution >= 0.6 is 0 Å². The molecular formula is C13H15N3O2. The van der Waals surface area contributed by atoms with Crippen molar-refractivity contribution < 1.29 is 9.53 Å². The highest BCUT2D eigenvalue weighted by Crippen LogP contribution is 2.18. The average molecular weight is 245 g/mol. The second-order valence-corrected chi connectivity index (χ2v) is 4.67. The van der Waals surface area contributed by atoms with Crippen LogP contribution in [0.15, 0.2) is 18.3 Å². The summed E-state index contributed by atoms with van der Waals surface area (Å²) in [7, 11) is 0. The van der Waals surface area contributed by atoms with Crippen LogP contribution in [0, 0.1) is 5.92 Å². The Morgan fingerprint density at radius 2 is 2.22 bits per heavy atom. The first-order chi connectivity index (χ1) is 8.85. The summed E-state index contributed by atoms with van der Waals surface area (Å²) in [6.07, 6.45) is 5.58. The lowest BCUT2D eigenvalue weighted by molar-refractivity contribution is 0.0660. The summed E-state index contributed by atoms with van der Waals surface area (Å²) in [5, 5.41) is 4.42. The van der Waals surface area contributed by atoms with Crippen molar-refractivity contribution in [2.45, 2.75) is 19.3 Å². The zero-order chi connectivity index (χ0) is 12.4. The van der Waals surface area contributed by atoms with Crippen molar-refractivity contribution in [3.63, 3.8) is 0 Å². The molecule has 1 aliphatic heterocycles. The molecule has 3 heterocycles. The number of fused-ring (bicyclic) bond motifs is 1. The molecule has 0 bridgehead atoms. The molecule has 2 aromatic heterocycles. The number of aromatic nitrogens is 3. The van der Waals surface area contributed by atoms with E-state index in [1.54, 1.807) is 16.8 Å². The van der Waals surface area contributed by atoms with E-state index in [2.05, 4.69) is 10.1 Å². The predicted octanol–water partition coefficient (Wildman–Crippen LogP) is 1.51.